The van der Waals surface area contributed by atoms with Crippen LogP contribution in [0.4, 0.5) is 5.82 Å². The number of hydrogen-bond acceptors (Lipinski definition) is 18. The van der Waals surface area contributed by atoms with Crippen molar-refractivity contribution < 1.29 is 75.0 Å². The highest BCUT2D eigenvalue weighted by atomic mass is 31.3. The Morgan fingerprint density at radius 1 is 0.618 bits per heavy atom. The van der Waals surface area contributed by atoms with E-state index in [1.807, 2.05) is 0 Å². The molecule has 1 aliphatic rings. The first-order chi connectivity index (χ1) is 36.5. The summed E-state index contributed by atoms with van der Waals surface area (Å²) in [4.78, 5) is 58.8. The molecule has 0 bridgehead atoms. The van der Waals surface area contributed by atoms with Crippen molar-refractivity contribution in [3.05, 3.63) is 77.9 Å². The van der Waals surface area contributed by atoms with Crippen LogP contribution in [-0.4, -0.2) is 76.2 Å². The lowest BCUT2D eigenvalue weighted by atomic mass is 10.0. The van der Waals surface area contributed by atoms with Gasteiger partial charge in [-0.25, -0.2) is 28.6 Å². The molecule has 0 saturated carbocycles. The van der Waals surface area contributed by atoms with E-state index in [0.717, 1.165) is 57.7 Å². The van der Waals surface area contributed by atoms with Gasteiger partial charge in [0.2, 0.25) is 0 Å². The molecule has 0 radical (unpaired) electrons. The molecule has 1 saturated heterocycles. The van der Waals surface area contributed by atoms with Gasteiger partial charge in [0.25, 0.3) is 0 Å². The predicted octanol–water partition coefficient (Wildman–Crippen LogP) is 12.3. The lowest BCUT2D eigenvalue weighted by Gasteiger charge is -2.22. The van der Waals surface area contributed by atoms with Crippen molar-refractivity contribution in [2.45, 2.75) is 206 Å². The predicted molar refractivity (Wildman–Crippen MR) is 286 cm³/mol. The third-order valence-electron chi connectivity index (χ3n) is 13.0. The number of nitrogens with zero attached hydrogens (tertiary/aromatic N) is 4. The number of aliphatic hydroxyl groups excluding tert-OH is 2. The Bertz CT molecular complexity index is 2500. The van der Waals surface area contributed by atoms with Crippen molar-refractivity contribution in [3.63, 3.8) is 0 Å². The van der Waals surface area contributed by atoms with E-state index in [9.17, 15) is 43.3 Å². The summed E-state index contributed by atoms with van der Waals surface area (Å²) in [7, 11) is -16.7. The van der Waals surface area contributed by atoms with E-state index in [4.69, 9.17) is 33.1 Å². The lowest BCUT2D eigenvalue weighted by Crippen LogP contribution is -2.33. The quantitative estimate of drug-likeness (QED) is 0.00909. The molecule has 0 aliphatic carbocycles. The van der Waals surface area contributed by atoms with Crippen LogP contribution in [0.2, 0.25) is 0 Å². The van der Waals surface area contributed by atoms with Crippen LogP contribution >= 0.6 is 23.5 Å². The van der Waals surface area contributed by atoms with E-state index in [1.165, 1.54) is 131 Å². The number of nitrogens with two attached hydrogens (primary N) is 1. The van der Waals surface area contributed by atoms with Crippen LogP contribution in [0.5, 0.6) is 5.75 Å². The van der Waals surface area contributed by atoms with E-state index in [2.05, 4.69) is 33.1 Å². The van der Waals surface area contributed by atoms with Gasteiger partial charge in [0.1, 0.15) is 35.9 Å². The van der Waals surface area contributed by atoms with Gasteiger partial charge in [0, 0.05) is 18.4 Å². The zero-order valence-electron chi connectivity index (χ0n) is 44.1. The van der Waals surface area contributed by atoms with Gasteiger partial charge in [-0.15, -0.1) is 0 Å². The fraction of sp³-hybridized carbons (Fsp3) is 0.635. The molecular formula is C52H80N5O16P3. The van der Waals surface area contributed by atoms with Crippen molar-refractivity contribution in [1.29, 1.82) is 0 Å². The lowest BCUT2D eigenvalue weighted by molar-refractivity contribution is -0.134. The van der Waals surface area contributed by atoms with Gasteiger partial charge in [0.05, 0.1) is 26.1 Å². The number of fused-ring (bicyclic) bond motifs is 1. The first kappa shape index (κ1) is 63.1. The maximum atomic E-state index is 14.1. The number of aromatic nitrogens is 4. The Balaban J connectivity index is 1.12. The summed E-state index contributed by atoms with van der Waals surface area (Å²) in [6.07, 6.45) is 22.4. The average molecular weight is 1120 g/mol. The minimum atomic E-state index is -5.89. The zero-order chi connectivity index (χ0) is 54.8. The van der Waals surface area contributed by atoms with Gasteiger partial charge >= 0.3 is 29.4 Å². The van der Waals surface area contributed by atoms with Crippen LogP contribution in [0.25, 0.3) is 11.2 Å². The smallest absolute Gasteiger partial charge is 0.427 e. The molecule has 0 spiro atoms. The summed E-state index contributed by atoms with van der Waals surface area (Å²) in [5.74, 6) is -0.156. The molecule has 6 N–H and O–H groups in total. The number of ketones is 1. The molecule has 4 aromatic rings. The molecule has 76 heavy (non-hydrogen) atoms. The molecule has 24 heteroatoms. The topological polar surface area (TPSA) is 301 Å². The monoisotopic (exact) mass is 1120 g/mol. The molecule has 5 rings (SSSR count). The number of phosphoric ester groups is 2. The van der Waals surface area contributed by atoms with Gasteiger partial charge in [-0.05, 0) is 36.1 Å². The number of esters is 1. The van der Waals surface area contributed by atoms with Crippen molar-refractivity contribution in [3.8, 4) is 5.75 Å². The number of anilines is 1. The summed E-state index contributed by atoms with van der Waals surface area (Å²) >= 11 is 0. The molecule has 3 heterocycles. The van der Waals surface area contributed by atoms with Crippen molar-refractivity contribution >= 4 is 52.2 Å². The molecule has 1 fully saturated rings. The summed E-state index contributed by atoms with van der Waals surface area (Å²) in [6.45, 7) is 2.32. The summed E-state index contributed by atoms with van der Waals surface area (Å²) in [5.41, 5.74) is 7.31. The van der Waals surface area contributed by atoms with Crippen molar-refractivity contribution in [2.75, 3.05) is 12.3 Å². The molecule has 21 nitrogen and oxygen atoms in total. The Morgan fingerprint density at radius 2 is 1.12 bits per heavy atom. The van der Waals surface area contributed by atoms with E-state index in [-0.39, 0.29) is 34.9 Å². The highest BCUT2D eigenvalue weighted by Gasteiger charge is 2.48. The van der Waals surface area contributed by atoms with Gasteiger partial charge in [-0.3, -0.25) is 27.7 Å². The number of Topliss-reactive ketones (excluding diaryl/α,β-unsaturated/α-hetero) is 1. The molecule has 2 aromatic heterocycles. The molecule has 7 unspecified atom stereocenters. The summed E-state index contributed by atoms with van der Waals surface area (Å²) < 4.78 is 78.1. The number of nitrogen functional groups attached to an aromatic ring is 1. The maximum absolute atomic E-state index is 14.1. The third-order valence-corrected chi connectivity index (χ3v) is 17.7. The van der Waals surface area contributed by atoms with Crippen LogP contribution in [0.3, 0.4) is 0 Å². The standard InChI is InChI=1S/C52H80N5O16P3/c1-3-5-7-9-11-12-13-14-15-16-17-18-20-22-24-26-46(59)70-43-33-29-41(30-34-43)36-69-76(66,68-35-40-27-31-42(32-28-40)44(58)25-23-21-19-10-8-6-4-2)73-75(64,65)72-74(62,63)67-37-45-48(60)49(61)52(71-45)57-39-56-47-50(53)54-38-55-51(47)57/h27-34,38-39,45,48-49,52,60-61H,3-26,35-37H2,1-2H3,(H,62,63)(H,64,65)(H2,53,54,55). The summed E-state index contributed by atoms with van der Waals surface area (Å²) in [6, 6.07) is 12.2. The number of phosphoric acid groups is 3. The highest BCUT2D eigenvalue weighted by molar-refractivity contribution is 7.67. The number of rotatable bonds is 40. The van der Waals surface area contributed by atoms with Crippen LogP contribution in [0.1, 0.15) is 196 Å². The molecule has 424 valence electrons. The van der Waals surface area contributed by atoms with E-state index >= 15 is 0 Å². The fourth-order valence-corrected chi connectivity index (χ4v) is 12.7. The number of ether oxygens (including phenoxy) is 2. The van der Waals surface area contributed by atoms with Crippen LogP contribution in [-0.2, 0) is 58.6 Å². The second-order valence-electron chi connectivity index (χ2n) is 19.3. The Labute approximate surface area is 446 Å². The number of carbonyl (C=O) groups is 2. The zero-order valence-corrected chi connectivity index (χ0v) is 46.8. The number of hydrogen-bond donors (Lipinski definition) is 5. The van der Waals surface area contributed by atoms with Crippen molar-refractivity contribution in [1.82, 2.24) is 19.5 Å². The maximum Gasteiger partial charge on any atom is 0.490 e. The Hall–Kier alpha value is -3.78. The number of unbranched alkanes of at least 4 members (excludes halogenated alkanes) is 20. The first-order valence-electron chi connectivity index (χ1n) is 27.0. The molecule has 0 amide bonds. The minimum Gasteiger partial charge on any atom is -0.427 e. The number of imidazole rings is 1. The van der Waals surface area contributed by atoms with Gasteiger partial charge in [-0.1, -0.05) is 179 Å². The second kappa shape index (κ2) is 33.0. The molecule has 1 aliphatic heterocycles. The third kappa shape index (κ3) is 22.2. The Kier molecular flexibility index (Phi) is 27.3. The van der Waals surface area contributed by atoms with Crippen LogP contribution in [0, 0.1) is 0 Å². The number of aliphatic hydroxyl groups is 2. The van der Waals surface area contributed by atoms with Gasteiger partial charge < -0.3 is 35.2 Å². The van der Waals surface area contributed by atoms with E-state index < -0.39 is 73.8 Å². The molecule has 2 aromatic carbocycles. The van der Waals surface area contributed by atoms with E-state index in [0.29, 0.717) is 29.5 Å². The normalized spacial score (nSPS) is 19.1. The Morgan fingerprint density at radius 3 is 1.66 bits per heavy atom. The van der Waals surface area contributed by atoms with Crippen LogP contribution in [0.15, 0.2) is 61.2 Å². The average Bonchev–Trinajstić information content (AvgIpc) is 3.96. The second-order valence-corrected chi connectivity index (χ2v) is 24.2. The summed E-state index contributed by atoms with van der Waals surface area (Å²) in [5, 5.41) is 21.5. The molecular weight excluding hydrogens is 1040 g/mol. The van der Waals surface area contributed by atoms with Crippen molar-refractivity contribution in [2.24, 2.45) is 0 Å². The van der Waals surface area contributed by atoms with Gasteiger partial charge in [-0.2, -0.15) is 8.62 Å². The van der Waals surface area contributed by atoms with Gasteiger partial charge in [0.15, 0.2) is 23.5 Å². The number of benzene rings is 2. The minimum absolute atomic E-state index is 0.0376. The van der Waals surface area contributed by atoms with Crippen LogP contribution < -0.4 is 10.5 Å². The van der Waals surface area contributed by atoms with E-state index in [1.54, 1.807) is 12.1 Å². The largest absolute Gasteiger partial charge is 0.490 e. The highest BCUT2D eigenvalue weighted by Crippen LogP contribution is 2.69. The molecule has 7 atom stereocenters. The fourth-order valence-electron chi connectivity index (χ4n) is 8.66. The first-order valence-corrected chi connectivity index (χ1v) is 31.5. The number of carbonyl (C=O) groups excluding carboxylic acids is 2. The SMILES string of the molecule is CCCCCCCCCCCCCCCCCC(=O)Oc1ccc(COP(=O)(OCc2ccc(C(=O)CCCCCCCCC)cc2)OP(=O)(O)OP(=O)(O)OCC2OC(n3cnc4c(N)ncnc43)C(O)C2O)cc1.